The van der Waals surface area contributed by atoms with Gasteiger partial charge in [-0.25, -0.2) is 9.37 Å². The molecule has 1 aromatic heterocycles. The molecule has 0 bridgehead atoms. The number of pyridine rings is 1. The van der Waals surface area contributed by atoms with E-state index in [4.69, 9.17) is 9.47 Å². The number of anilines is 1. The van der Waals surface area contributed by atoms with Crippen LogP contribution < -0.4 is 19.5 Å². The third-order valence-electron chi connectivity index (χ3n) is 4.42. The van der Waals surface area contributed by atoms with Crippen LogP contribution >= 0.6 is 22.6 Å². The van der Waals surface area contributed by atoms with Crippen LogP contribution in [-0.4, -0.2) is 28.2 Å². The third-order valence-corrected chi connectivity index (χ3v) is 5.00. The average molecular weight is 644 g/mol. The van der Waals surface area contributed by atoms with Crippen molar-refractivity contribution in [3.05, 3.63) is 71.3 Å². The predicted octanol–water partition coefficient (Wildman–Crippen LogP) is 6.77. The number of rotatable bonds is 7. The molecule has 196 valence electrons. The highest BCUT2D eigenvalue weighted by Gasteiger charge is 2.34. The largest absolute Gasteiger partial charge is 0.573 e. The molecule has 3 rings (SSSR count). The lowest BCUT2D eigenvalue weighted by atomic mass is 10.2. The van der Waals surface area contributed by atoms with Crippen LogP contribution in [0.5, 0.6) is 23.0 Å². The van der Waals surface area contributed by atoms with Crippen molar-refractivity contribution in [3.63, 3.8) is 0 Å². The van der Waals surface area contributed by atoms with Gasteiger partial charge in [-0.15, -0.1) is 13.2 Å². The Kier molecular flexibility index (Phi) is 8.14. The van der Waals surface area contributed by atoms with Gasteiger partial charge >= 0.3 is 12.5 Å². The maximum atomic E-state index is 13.8. The lowest BCUT2D eigenvalue weighted by Crippen LogP contribution is -2.17. The van der Waals surface area contributed by atoms with Gasteiger partial charge in [0, 0.05) is 40.5 Å². The Labute approximate surface area is 216 Å². The number of methoxy groups -OCH3 is 1. The van der Waals surface area contributed by atoms with Crippen molar-refractivity contribution in [2.24, 2.45) is 0 Å². The molecular formula is C22H12F7IN2O5. The fraction of sp³-hybridized carbons (Fsp3) is 0.136. The van der Waals surface area contributed by atoms with E-state index in [2.05, 4.69) is 15.0 Å². The molecule has 2 aromatic carbocycles. The van der Waals surface area contributed by atoms with Crippen LogP contribution in [-0.2, 0) is 6.18 Å². The second-order valence-electron chi connectivity index (χ2n) is 6.95. The minimum absolute atomic E-state index is 0.0784. The van der Waals surface area contributed by atoms with Crippen molar-refractivity contribution >= 4 is 38.0 Å². The first-order valence-corrected chi connectivity index (χ1v) is 10.8. The van der Waals surface area contributed by atoms with Crippen LogP contribution in [0.2, 0.25) is 0 Å². The zero-order valence-electron chi connectivity index (χ0n) is 18.1. The van der Waals surface area contributed by atoms with Crippen LogP contribution in [0.1, 0.15) is 26.4 Å². The van der Waals surface area contributed by atoms with Crippen molar-refractivity contribution in [1.29, 1.82) is 0 Å². The Balaban J connectivity index is 2.00. The van der Waals surface area contributed by atoms with E-state index in [1.807, 2.05) is 0 Å². The number of ether oxygens (including phenoxy) is 3. The number of alkyl halides is 6. The molecule has 0 aliphatic rings. The van der Waals surface area contributed by atoms with E-state index >= 15 is 0 Å². The van der Waals surface area contributed by atoms with Gasteiger partial charge in [0.2, 0.25) is 3.79 Å². The smallest absolute Gasteiger partial charge is 0.493 e. The Hall–Kier alpha value is -3.63. The van der Waals surface area contributed by atoms with Gasteiger partial charge in [-0.05, 0) is 36.4 Å². The van der Waals surface area contributed by atoms with Crippen molar-refractivity contribution < 1.29 is 54.5 Å². The summed E-state index contributed by atoms with van der Waals surface area (Å²) in [5.74, 6) is -4.13. The third kappa shape index (κ3) is 7.21. The molecule has 0 unspecified atom stereocenters. The van der Waals surface area contributed by atoms with Gasteiger partial charge in [-0.3, -0.25) is 9.59 Å². The Morgan fingerprint density at radius 2 is 1.65 bits per heavy atom. The van der Waals surface area contributed by atoms with Crippen molar-refractivity contribution in [2.75, 3.05) is 12.4 Å². The van der Waals surface area contributed by atoms with Gasteiger partial charge in [-0.1, -0.05) is 0 Å². The topological polar surface area (TPSA) is 86.8 Å². The monoisotopic (exact) mass is 644 g/mol. The SMILES string of the molecule is COc1cc(OC(F)(F)F)ccc1Oc1cc(C(F)(F)F)cnc1C(=O)Nc1ccc(F)c(C(=O)I)c1. The molecule has 0 saturated carbocycles. The predicted molar refractivity (Wildman–Crippen MR) is 122 cm³/mol. The molecule has 7 nitrogen and oxygen atoms in total. The van der Waals surface area contributed by atoms with Gasteiger partial charge in [0.05, 0.1) is 18.2 Å². The average Bonchev–Trinajstić information content (AvgIpc) is 2.79. The fourth-order valence-corrected chi connectivity index (χ4v) is 3.25. The zero-order valence-corrected chi connectivity index (χ0v) is 20.3. The van der Waals surface area contributed by atoms with E-state index in [1.165, 1.54) is 22.6 Å². The van der Waals surface area contributed by atoms with Crippen LogP contribution in [0.15, 0.2) is 48.7 Å². The summed E-state index contributed by atoms with van der Waals surface area (Å²) in [6.07, 6.45) is -9.55. The van der Waals surface area contributed by atoms with Gasteiger partial charge in [-0.2, -0.15) is 13.2 Å². The van der Waals surface area contributed by atoms with Crippen molar-refractivity contribution in [2.45, 2.75) is 12.5 Å². The Morgan fingerprint density at radius 1 is 0.946 bits per heavy atom. The number of hydrogen-bond acceptors (Lipinski definition) is 6. The first-order valence-electron chi connectivity index (χ1n) is 9.67. The molecule has 0 aliphatic carbocycles. The highest BCUT2D eigenvalue weighted by atomic mass is 127. The highest BCUT2D eigenvalue weighted by Crippen LogP contribution is 2.39. The lowest BCUT2D eigenvalue weighted by Gasteiger charge is -2.16. The summed E-state index contributed by atoms with van der Waals surface area (Å²) in [5.41, 5.74) is -2.40. The Bertz CT molecular complexity index is 1350. The van der Waals surface area contributed by atoms with Gasteiger partial charge < -0.3 is 19.5 Å². The molecule has 0 saturated heterocycles. The number of benzene rings is 2. The van der Waals surface area contributed by atoms with E-state index < -0.39 is 50.8 Å². The number of amides is 1. The standard InChI is InChI=1S/C22H12F7IN2O5/c1-35-16-8-12(37-22(27,28)29)3-5-15(16)36-17-6-10(21(24,25)26)9-31-18(17)20(34)32-11-2-4-14(23)13(7-11)19(30)33/h2-9H,1H3,(H,32,34). The first kappa shape index (κ1) is 27.9. The molecule has 0 radical (unpaired) electrons. The number of aromatic nitrogens is 1. The summed E-state index contributed by atoms with van der Waals surface area (Å²) < 4.78 is 105. The summed E-state index contributed by atoms with van der Waals surface area (Å²) in [6.45, 7) is 0. The molecule has 1 heterocycles. The second-order valence-corrected chi connectivity index (χ2v) is 7.93. The molecule has 1 amide bonds. The van der Waals surface area contributed by atoms with Gasteiger partial charge in [0.1, 0.15) is 11.6 Å². The number of hydrogen-bond donors (Lipinski definition) is 1. The van der Waals surface area contributed by atoms with Crippen molar-refractivity contribution in [1.82, 2.24) is 4.98 Å². The van der Waals surface area contributed by atoms with Crippen LogP contribution in [0.25, 0.3) is 0 Å². The number of nitrogens with zero attached hydrogens (tertiary/aromatic N) is 1. The molecule has 0 atom stereocenters. The molecule has 1 N–H and O–H groups in total. The Morgan fingerprint density at radius 3 is 2.24 bits per heavy atom. The number of halogens is 8. The molecule has 3 aromatic rings. The maximum Gasteiger partial charge on any atom is 0.573 e. The lowest BCUT2D eigenvalue weighted by molar-refractivity contribution is -0.274. The van der Waals surface area contributed by atoms with Crippen molar-refractivity contribution in [3.8, 4) is 23.0 Å². The summed E-state index contributed by atoms with van der Waals surface area (Å²) in [7, 11) is 1.05. The second kappa shape index (κ2) is 10.8. The molecule has 37 heavy (non-hydrogen) atoms. The zero-order chi connectivity index (χ0) is 27.5. The van der Waals surface area contributed by atoms with E-state index in [0.717, 1.165) is 43.5 Å². The van der Waals surface area contributed by atoms with Crippen LogP contribution in [0.3, 0.4) is 0 Å². The molecule has 0 spiro atoms. The molecule has 15 heteroatoms. The van der Waals surface area contributed by atoms with E-state index in [-0.39, 0.29) is 22.7 Å². The van der Waals surface area contributed by atoms with E-state index in [1.54, 1.807) is 0 Å². The summed E-state index contributed by atoms with van der Waals surface area (Å²) in [6, 6.07) is 5.96. The normalized spacial score (nSPS) is 11.6. The minimum atomic E-state index is -5.02. The van der Waals surface area contributed by atoms with Crippen LogP contribution in [0.4, 0.5) is 36.4 Å². The highest BCUT2D eigenvalue weighted by molar-refractivity contribution is 14.1. The first-order chi connectivity index (χ1) is 17.2. The van der Waals surface area contributed by atoms with E-state index in [0.29, 0.717) is 12.3 Å². The van der Waals surface area contributed by atoms with Crippen LogP contribution in [0, 0.1) is 5.82 Å². The number of nitrogens with one attached hydrogen (secondary N) is 1. The van der Waals surface area contributed by atoms with Gasteiger partial charge in [0.15, 0.2) is 22.9 Å². The molecule has 0 fully saturated rings. The summed E-state index contributed by atoms with van der Waals surface area (Å²) in [4.78, 5) is 27.9. The summed E-state index contributed by atoms with van der Waals surface area (Å²) in [5, 5.41) is 2.27. The quantitative estimate of drug-likeness (QED) is 0.174. The maximum absolute atomic E-state index is 13.8. The number of carbonyl (C=O) groups excluding carboxylic acids is 2. The summed E-state index contributed by atoms with van der Waals surface area (Å²) >= 11 is 1.33. The van der Waals surface area contributed by atoms with Gasteiger partial charge in [0.25, 0.3) is 5.91 Å². The number of carbonyl (C=O) groups is 2. The fourth-order valence-electron chi connectivity index (χ4n) is 2.84. The van der Waals surface area contributed by atoms with E-state index in [9.17, 15) is 40.3 Å². The molecular weight excluding hydrogens is 632 g/mol. The molecule has 0 aliphatic heterocycles. The minimum Gasteiger partial charge on any atom is -0.493 e.